The topological polar surface area (TPSA) is 47.5 Å². The average Bonchev–Trinajstić information content (AvgIpc) is 3.04. The normalized spacial score (nSPS) is 11.3. The smallest absolute Gasteiger partial charge is 0.140 e. The predicted molar refractivity (Wildman–Crippen MR) is 67.2 cm³/mol. The number of fused-ring (bicyclic) bond motifs is 2. The van der Waals surface area contributed by atoms with E-state index < -0.39 is 0 Å². The SMILES string of the molecule is c1ccn2nc(-c3cc4nccn4cn3)cc2c1. The van der Waals surface area contributed by atoms with Gasteiger partial charge in [-0.15, -0.1) is 0 Å². The Morgan fingerprint density at radius 1 is 0.944 bits per heavy atom. The lowest BCUT2D eigenvalue weighted by molar-refractivity contribution is 0.959. The van der Waals surface area contributed by atoms with Crippen LogP contribution in [0.4, 0.5) is 0 Å². The van der Waals surface area contributed by atoms with Crippen molar-refractivity contribution in [1.82, 2.24) is 24.0 Å². The van der Waals surface area contributed by atoms with E-state index in [1.54, 1.807) is 12.5 Å². The van der Waals surface area contributed by atoms with Crippen LogP contribution in [0.25, 0.3) is 22.6 Å². The number of imidazole rings is 1. The summed E-state index contributed by atoms with van der Waals surface area (Å²) in [6, 6.07) is 9.91. The van der Waals surface area contributed by atoms with Crippen molar-refractivity contribution >= 4 is 11.2 Å². The fourth-order valence-corrected chi connectivity index (χ4v) is 2.02. The number of pyridine rings is 1. The predicted octanol–water partition coefficient (Wildman–Crippen LogP) is 2.04. The molecule has 4 aromatic rings. The van der Waals surface area contributed by atoms with Crippen LogP contribution in [0, 0.1) is 0 Å². The summed E-state index contributed by atoms with van der Waals surface area (Å²) in [6.07, 6.45) is 7.30. The average molecular weight is 235 g/mol. The minimum atomic E-state index is 0.831. The van der Waals surface area contributed by atoms with E-state index >= 15 is 0 Å². The van der Waals surface area contributed by atoms with Gasteiger partial charge >= 0.3 is 0 Å². The molecule has 4 rings (SSSR count). The van der Waals surface area contributed by atoms with Crippen LogP contribution in [0.5, 0.6) is 0 Å². The van der Waals surface area contributed by atoms with Crippen LogP contribution in [0.2, 0.25) is 0 Å². The molecule has 0 aliphatic carbocycles. The zero-order valence-electron chi connectivity index (χ0n) is 9.43. The van der Waals surface area contributed by atoms with Gasteiger partial charge in [0.2, 0.25) is 0 Å². The van der Waals surface area contributed by atoms with Crippen LogP contribution in [0.3, 0.4) is 0 Å². The van der Waals surface area contributed by atoms with Gasteiger partial charge in [0.05, 0.1) is 11.2 Å². The number of hydrogen-bond donors (Lipinski definition) is 0. The van der Waals surface area contributed by atoms with Crippen LogP contribution in [0.15, 0.2) is 55.2 Å². The van der Waals surface area contributed by atoms with Gasteiger partial charge in [0, 0.05) is 24.7 Å². The van der Waals surface area contributed by atoms with Crippen LogP contribution in [0.1, 0.15) is 0 Å². The number of aromatic nitrogens is 5. The zero-order chi connectivity index (χ0) is 11.9. The summed E-state index contributed by atoms with van der Waals surface area (Å²) in [7, 11) is 0. The highest BCUT2D eigenvalue weighted by Gasteiger charge is 2.06. The first kappa shape index (κ1) is 9.35. The fourth-order valence-electron chi connectivity index (χ4n) is 2.02. The van der Waals surface area contributed by atoms with E-state index in [0.717, 1.165) is 22.6 Å². The Balaban J connectivity index is 1.94. The highest BCUT2D eigenvalue weighted by molar-refractivity contribution is 5.65. The molecule has 0 saturated carbocycles. The van der Waals surface area contributed by atoms with Gasteiger partial charge in [0.25, 0.3) is 0 Å². The molecule has 0 N–H and O–H groups in total. The highest BCUT2D eigenvalue weighted by Crippen LogP contribution is 2.18. The second kappa shape index (κ2) is 3.40. The van der Waals surface area contributed by atoms with Gasteiger partial charge in [0.15, 0.2) is 0 Å². The van der Waals surface area contributed by atoms with E-state index in [1.165, 1.54) is 0 Å². The Bertz CT molecular complexity index is 809. The monoisotopic (exact) mass is 235 g/mol. The zero-order valence-corrected chi connectivity index (χ0v) is 9.43. The lowest BCUT2D eigenvalue weighted by atomic mass is 10.3. The maximum Gasteiger partial charge on any atom is 0.140 e. The van der Waals surface area contributed by atoms with Crippen LogP contribution in [-0.2, 0) is 0 Å². The summed E-state index contributed by atoms with van der Waals surface area (Å²) < 4.78 is 3.71. The van der Waals surface area contributed by atoms with E-state index in [0.29, 0.717) is 0 Å². The Morgan fingerprint density at radius 2 is 1.94 bits per heavy atom. The first-order valence-corrected chi connectivity index (χ1v) is 5.64. The molecule has 0 bridgehead atoms. The molecule has 0 aromatic carbocycles. The molecular formula is C13H9N5. The van der Waals surface area contributed by atoms with Crippen molar-refractivity contribution in [3.8, 4) is 11.4 Å². The van der Waals surface area contributed by atoms with E-state index in [9.17, 15) is 0 Å². The summed E-state index contributed by atoms with van der Waals surface area (Å²) >= 11 is 0. The van der Waals surface area contributed by atoms with E-state index in [4.69, 9.17) is 0 Å². The van der Waals surface area contributed by atoms with Crippen LogP contribution in [-0.4, -0.2) is 24.0 Å². The Kier molecular flexibility index (Phi) is 1.77. The molecule has 0 saturated heterocycles. The first-order valence-electron chi connectivity index (χ1n) is 5.64. The maximum absolute atomic E-state index is 4.49. The van der Waals surface area contributed by atoms with Crippen molar-refractivity contribution in [2.45, 2.75) is 0 Å². The molecule has 0 aliphatic rings. The third-order valence-corrected chi connectivity index (χ3v) is 2.92. The van der Waals surface area contributed by atoms with Crippen molar-refractivity contribution in [1.29, 1.82) is 0 Å². The largest absolute Gasteiger partial charge is 0.290 e. The van der Waals surface area contributed by atoms with Crippen molar-refractivity contribution in [2.75, 3.05) is 0 Å². The third kappa shape index (κ3) is 1.31. The molecule has 0 radical (unpaired) electrons. The summed E-state index contributed by atoms with van der Waals surface area (Å²) in [5.74, 6) is 0. The van der Waals surface area contributed by atoms with Crippen molar-refractivity contribution < 1.29 is 0 Å². The Hall–Kier alpha value is -2.69. The molecule has 86 valence electrons. The summed E-state index contributed by atoms with van der Waals surface area (Å²) in [4.78, 5) is 8.64. The van der Waals surface area contributed by atoms with Gasteiger partial charge in [-0.05, 0) is 18.2 Å². The van der Waals surface area contributed by atoms with Crippen LogP contribution >= 0.6 is 0 Å². The summed E-state index contributed by atoms with van der Waals surface area (Å²) in [5, 5.41) is 4.49. The highest BCUT2D eigenvalue weighted by atomic mass is 15.2. The third-order valence-electron chi connectivity index (χ3n) is 2.92. The summed E-state index contributed by atoms with van der Waals surface area (Å²) in [6.45, 7) is 0. The molecule has 0 aliphatic heterocycles. The van der Waals surface area contributed by atoms with Crippen molar-refractivity contribution in [3.05, 3.63) is 55.2 Å². The standard InChI is InChI=1S/C13H9N5/c1-2-5-18-10(3-1)7-12(16-18)11-8-13-14-4-6-17(13)9-15-11/h1-9H. The van der Waals surface area contributed by atoms with Crippen LogP contribution < -0.4 is 0 Å². The minimum Gasteiger partial charge on any atom is -0.290 e. The number of rotatable bonds is 1. The molecule has 0 unspecified atom stereocenters. The Morgan fingerprint density at radius 3 is 2.89 bits per heavy atom. The molecule has 4 aromatic heterocycles. The molecule has 4 heterocycles. The second-order valence-corrected chi connectivity index (χ2v) is 4.07. The van der Waals surface area contributed by atoms with Gasteiger partial charge in [0.1, 0.15) is 17.7 Å². The molecular weight excluding hydrogens is 226 g/mol. The quantitative estimate of drug-likeness (QED) is 0.507. The molecule has 0 fully saturated rings. The number of hydrogen-bond acceptors (Lipinski definition) is 3. The molecule has 0 atom stereocenters. The first-order chi connectivity index (χ1) is 8.90. The fraction of sp³-hybridized carbons (Fsp3) is 0. The van der Waals surface area contributed by atoms with Crippen molar-refractivity contribution in [3.63, 3.8) is 0 Å². The van der Waals surface area contributed by atoms with Gasteiger partial charge in [-0.2, -0.15) is 5.10 Å². The summed E-state index contributed by atoms with van der Waals surface area (Å²) in [5.41, 5.74) is 3.61. The second-order valence-electron chi connectivity index (χ2n) is 4.07. The van der Waals surface area contributed by atoms with E-state index in [1.807, 2.05) is 51.6 Å². The lowest BCUT2D eigenvalue weighted by Crippen LogP contribution is -1.90. The maximum atomic E-state index is 4.49. The lowest BCUT2D eigenvalue weighted by Gasteiger charge is -1.96. The molecule has 0 amide bonds. The van der Waals surface area contributed by atoms with Gasteiger partial charge in [-0.3, -0.25) is 4.40 Å². The Labute approximate surface area is 102 Å². The molecule has 0 spiro atoms. The van der Waals surface area contributed by atoms with Gasteiger partial charge < -0.3 is 0 Å². The molecule has 5 nitrogen and oxygen atoms in total. The van der Waals surface area contributed by atoms with Gasteiger partial charge in [-0.25, -0.2) is 14.5 Å². The number of nitrogens with zero attached hydrogens (tertiary/aromatic N) is 5. The molecule has 18 heavy (non-hydrogen) atoms. The van der Waals surface area contributed by atoms with E-state index in [-0.39, 0.29) is 0 Å². The minimum absolute atomic E-state index is 0.831. The van der Waals surface area contributed by atoms with Crippen molar-refractivity contribution in [2.24, 2.45) is 0 Å². The molecule has 5 heteroatoms. The van der Waals surface area contributed by atoms with Gasteiger partial charge in [-0.1, -0.05) is 6.07 Å². The van der Waals surface area contributed by atoms with E-state index in [2.05, 4.69) is 15.1 Å².